The Bertz CT molecular complexity index is 1470. The summed E-state index contributed by atoms with van der Waals surface area (Å²) in [5.74, 6) is -0.439. The van der Waals surface area contributed by atoms with Crippen LogP contribution in [0.3, 0.4) is 0 Å². The Morgan fingerprint density at radius 3 is 2.07 bits per heavy atom. The van der Waals surface area contributed by atoms with Gasteiger partial charge in [0.2, 0.25) is 11.8 Å². The Morgan fingerprint density at radius 2 is 1.56 bits per heavy atom. The number of amides is 2. The number of rotatable bonds is 11. The average molecular weight is 583 g/mol. The molecule has 0 aliphatic heterocycles. The Morgan fingerprint density at radius 1 is 0.976 bits per heavy atom. The van der Waals surface area contributed by atoms with E-state index in [1.807, 2.05) is 20.8 Å². The maximum Gasteiger partial charge on any atom is 0.269 e. The first kappa shape index (κ1) is 31.1. The number of non-ortho nitro benzene ring substituents is 1. The second-order valence-electron chi connectivity index (χ2n) is 10.4. The molecule has 0 saturated heterocycles. The maximum atomic E-state index is 13.9. The number of methoxy groups -OCH3 is 1. The van der Waals surface area contributed by atoms with Gasteiger partial charge in [-0.05, 0) is 69.7 Å². The van der Waals surface area contributed by atoms with E-state index in [-0.39, 0.29) is 22.8 Å². The van der Waals surface area contributed by atoms with E-state index in [1.54, 1.807) is 49.4 Å². The quantitative estimate of drug-likeness (QED) is 0.265. The van der Waals surface area contributed by atoms with Crippen molar-refractivity contribution < 1.29 is 27.7 Å². The molecule has 0 aliphatic rings. The summed E-state index contributed by atoms with van der Waals surface area (Å²) in [6, 6.07) is 18.4. The highest BCUT2D eigenvalue weighted by Crippen LogP contribution is 2.26. The zero-order chi connectivity index (χ0) is 30.4. The molecule has 0 bridgehead atoms. The van der Waals surface area contributed by atoms with Crippen LogP contribution in [0.25, 0.3) is 0 Å². The van der Waals surface area contributed by atoms with E-state index in [2.05, 4.69) is 5.32 Å². The molecule has 0 fully saturated rings. The first-order valence-electron chi connectivity index (χ1n) is 12.8. The average Bonchev–Trinajstić information content (AvgIpc) is 2.94. The number of ether oxygens (including phenoxy) is 1. The second kappa shape index (κ2) is 12.8. The highest BCUT2D eigenvalue weighted by molar-refractivity contribution is 7.92. The van der Waals surface area contributed by atoms with E-state index in [9.17, 15) is 28.1 Å². The summed E-state index contributed by atoms with van der Waals surface area (Å²) in [6.45, 7) is 6.38. The fraction of sp³-hybridized carbons (Fsp3) is 0.310. The van der Waals surface area contributed by atoms with Crippen molar-refractivity contribution in [3.8, 4) is 5.75 Å². The number of nitrogens with zero attached hydrogens (tertiary/aromatic N) is 3. The molecule has 0 aromatic heterocycles. The van der Waals surface area contributed by atoms with Gasteiger partial charge in [-0.25, -0.2) is 8.42 Å². The summed E-state index contributed by atoms with van der Waals surface area (Å²) >= 11 is 0. The monoisotopic (exact) mass is 582 g/mol. The van der Waals surface area contributed by atoms with Gasteiger partial charge in [-0.3, -0.25) is 24.0 Å². The van der Waals surface area contributed by atoms with Crippen molar-refractivity contribution >= 4 is 33.2 Å². The lowest BCUT2D eigenvalue weighted by Gasteiger charge is -2.33. The Balaban J connectivity index is 2.04. The predicted octanol–water partition coefficient (Wildman–Crippen LogP) is 4.13. The Labute approximate surface area is 239 Å². The minimum atomic E-state index is -4.27. The summed E-state index contributed by atoms with van der Waals surface area (Å²) in [5.41, 5.74) is -0.0428. The molecule has 0 saturated carbocycles. The van der Waals surface area contributed by atoms with Crippen molar-refractivity contribution in [2.75, 3.05) is 18.0 Å². The minimum absolute atomic E-state index is 0.0149. The van der Waals surface area contributed by atoms with Crippen LogP contribution in [0.4, 0.5) is 11.4 Å². The summed E-state index contributed by atoms with van der Waals surface area (Å²) in [5, 5.41) is 14.1. The lowest BCUT2D eigenvalue weighted by Crippen LogP contribution is -2.54. The van der Waals surface area contributed by atoms with E-state index in [4.69, 9.17) is 4.74 Å². The fourth-order valence-corrected chi connectivity index (χ4v) is 5.41. The SMILES string of the molecule is COc1ccc(CN(C(=O)CN(c2ccc([N+](=O)[O-])cc2)S(=O)(=O)c2ccccc2)[C@@H](C)C(=O)NC(C)(C)C)cc1. The molecular formula is C29H34N4O7S. The van der Waals surface area contributed by atoms with Crippen molar-refractivity contribution in [1.82, 2.24) is 10.2 Å². The zero-order valence-corrected chi connectivity index (χ0v) is 24.4. The van der Waals surface area contributed by atoms with Crippen molar-refractivity contribution in [2.24, 2.45) is 0 Å². The summed E-state index contributed by atoms with van der Waals surface area (Å²) in [6.07, 6.45) is 0. The van der Waals surface area contributed by atoms with Crippen LogP contribution in [-0.2, 0) is 26.2 Å². The third-order valence-electron chi connectivity index (χ3n) is 6.14. The van der Waals surface area contributed by atoms with Gasteiger partial charge in [0.15, 0.2) is 0 Å². The van der Waals surface area contributed by atoms with Gasteiger partial charge in [0.1, 0.15) is 18.3 Å². The summed E-state index contributed by atoms with van der Waals surface area (Å²) in [4.78, 5) is 38.9. The van der Waals surface area contributed by atoms with E-state index >= 15 is 0 Å². The molecule has 3 aromatic rings. The largest absolute Gasteiger partial charge is 0.497 e. The molecule has 3 rings (SSSR count). The lowest BCUT2D eigenvalue weighted by atomic mass is 10.1. The number of sulfonamides is 1. The summed E-state index contributed by atoms with van der Waals surface area (Å²) < 4.78 is 33.6. The smallest absolute Gasteiger partial charge is 0.269 e. The molecule has 0 aliphatic carbocycles. The van der Waals surface area contributed by atoms with Crippen LogP contribution >= 0.6 is 0 Å². The Kier molecular flexibility index (Phi) is 9.71. The van der Waals surface area contributed by atoms with Gasteiger partial charge >= 0.3 is 0 Å². The van der Waals surface area contributed by atoms with E-state index in [0.29, 0.717) is 11.3 Å². The standard InChI is InChI=1S/C29H34N4O7S/c1-21(28(35)30-29(2,3)4)31(19-22-11-17-25(40-5)18-12-22)27(34)20-32(23-13-15-24(16-14-23)33(36)37)41(38,39)26-9-7-6-8-10-26/h6-18,21H,19-20H2,1-5H3,(H,30,35)/t21-/m0/s1. The molecule has 12 heteroatoms. The van der Waals surface area contributed by atoms with Crippen LogP contribution in [0.15, 0.2) is 83.8 Å². The van der Waals surface area contributed by atoms with E-state index in [1.165, 1.54) is 48.4 Å². The second-order valence-corrected chi connectivity index (χ2v) is 12.2. The van der Waals surface area contributed by atoms with Gasteiger partial charge in [-0.1, -0.05) is 30.3 Å². The molecule has 11 nitrogen and oxygen atoms in total. The molecular weight excluding hydrogens is 548 g/mol. The molecule has 0 unspecified atom stereocenters. The lowest BCUT2D eigenvalue weighted by molar-refractivity contribution is -0.384. The number of hydrogen-bond donors (Lipinski definition) is 1. The van der Waals surface area contributed by atoms with Gasteiger partial charge in [0.05, 0.1) is 22.6 Å². The maximum absolute atomic E-state index is 13.9. The van der Waals surface area contributed by atoms with Gasteiger partial charge in [0.25, 0.3) is 15.7 Å². The third-order valence-corrected chi connectivity index (χ3v) is 7.92. The van der Waals surface area contributed by atoms with Crippen molar-refractivity contribution in [2.45, 2.75) is 50.7 Å². The number of nitro groups is 1. The first-order valence-corrected chi connectivity index (χ1v) is 14.2. The normalized spacial score (nSPS) is 12.2. The Hall–Kier alpha value is -4.45. The molecule has 0 heterocycles. The van der Waals surface area contributed by atoms with Crippen LogP contribution < -0.4 is 14.4 Å². The van der Waals surface area contributed by atoms with Gasteiger partial charge in [0, 0.05) is 24.2 Å². The van der Waals surface area contributed by atoms with Crippen LogP contribution in [-0.4, -0.2) is 55.3 Å². The van der Waals surface area contributed by atoms with E-state index < -0.39 is 44.9 Å². The molecule has 0 spiro atoms. The number of carbonyl (C=O) groups is 2. The molecule has 0 radical (unpaired) electrons. The number of carbonyl (C=O) groups excluding carboxylic acids is 2. The van der Waals surface area contributed by atoms with Crippen molar-refractivity contribution in [3.63, 3.8) is 0 Å². The number of anilines is 1. The van der Waals surface area contributed by atoms with Gasteiger partial charge in [-0.2, -0.15) is 0 Å². The third kappa shape index (κ3) is 8.04. The topological polar surface area (TPSA) is 139 Å². The fourth-order valence-electron chi connectivity index (χ4n) is 3.97. The number of nitrogens with one attached hydrogen (secondary N) is 1. The van der Waals surface area contributed by atoms with E-state index in [0.717, 1.165) is 4.31 Å². The molecule has 218 valence electrons. The highest BCUT2D eigenvalue weighted by atomic mass is 32.2. The van der Waals surface area contributed by atoms with Crippen LogP contribution in [0, 0.1) is 10.1 Å². The molecule has 1 atom stereocenters. The first-order chi connectivity index (χ1) is 19.2. The molecule has 2 amide bonds. The van der Waals surface area contributed by atoms with Crippen LogP contribution in [0.1, 0.15) is 33.3 Å². The van der Waals surface area contributed by atoms with Crippen LogP contribution in [0.2, 0.25) is 0 Å². The van der Waals surface area contributed by atoms with Gasteiger partial charge in [-0.15, -0.1) is 0 Å². The van der Waals surface area contributed by atoms with Crippen LogP contribution in [0.5, 0.6) is 5.75 Å². The summed E-state index contributed by atoms with van der Waals surface area (Å²) in [7, 11) is -2.74. The molecule has 1 N–H and O–H groups in total. The number of benzene rings is 3. The van der Waals surface area contributed by atoms with Gasteiger partial charge < -0.3 is 15.0 Å². The molecule has 41 heavy (non-hydrogen) atoms. The zero-order valence-electron chi connectivity index (χ0n) is 23.6. The number of hydrogen-bond acceptors (Lipinski definition) is 7. The molecule has 3 aromatic carbocycles. The van der Waals surface area contributed by atoms with Crippen molar-refractivity contribution in [1.29, 1.82) is 0 Å². The minimum Gasteiger partial charge on any atom is -0.497 e. The van der Waals surface area contributed by atoms with Crippen molar-refractivity contribution in [3.05, 3.63) is 94.5 Å². The number of nitro benzene ring substituents is 1. The highest BCUT2D eigenvalue weighted by Gasteiger charge is 2.33. The predicted molar refractivity (Wildman–Crippen MR) is 155 cm³/mol.